The molecule has 1 amide bonds. The Kier molecular flexibility index (Phi) is 6.94. The van der Waals surface area contributed by atoms with Crippen molar-refractivity contribution in [2.75, 3.05) is 37.7 Å². The van der Waals surface area contributed by atoms with Gasteiger partial charge in [-0.2, -0.15) is 8.78 Å². The van der Waals surface area contributed by atoms with Crippen LogP contribution < -0.4 is 14.4 Å². The monoisotopic (exact) mass is 404 g/mol. The van der Waals surface area contributed by atoms with Gasteiger partial charge in [0.25, 0.3) is 0 Å². The number of benzene rings is 1. The van der Waals surface area contributed by atoms with Crippen LogP contribution in [0.2, 0.25) is 0 Å². The van der Waals surface area contributed by atoms with Crippen LogP contribution in [0.25, 0.3) is 6.08 Å². The SMILES string of the molecule is CCOc1cc(/C=C/C(=O)N2CCN(c3ncccn3)CC2)ccc1OC(F)F. The van der Waals surface area contributed by atoms with E-state index in [2.05, 4.69) is 14.7 Å². The Labute approximate surface area is 167 Å². The van der Waals surface area contributed by atoms with Crippen LogP contribution >= 0.6 is 0 Å². The smallest absolute Gasteiger partial charge is 0.387 e. The Balaban J connectivity index is 1.60. The molecule has 0 N–H and O–H groups in total. The molecule has 0 bridgehead atoms. The first-order valence-corrected chi connectivity index (χ1v) is 9.27. The van der Waals surface area contributed by atoms with Gasteiger partial charge in [-0.05, 0) is 36.8 Å². The van der Waals surface area contributed by atoms with Gasteiger partial charge in [0.1, 0.15) is 0 Å². The van der Waals surface area contributed by atoms with E-state index in [-0.39, 0.29) is 17.4 Å². The van der Waals surface area contributed by atoms with Crippen LogP contribution in [-0.4, -0.2) is 60.2 Å². The summed E-state index contributed by atoms with van der Waals surface area (Å²) in [6.45, 7) is 1.55. The highest BCUT2D eigenvalue weighted by Crippen LogP contribution is 2.30. The highest BCUT2D eigenvalue weighted by molar-refractivity contribution is 5.92. The molecule has 154 valence electrons. The standard InChI is InChI=1S/C20H22F2N4O3/c1-2-28-17-14-15(4-6-16(17)29-19(21)22)5-7-18(27)25-10-12-26(13-11-25)20-23-8-3-9-24-20/h3-9,14,19H,2,10-13H2,1H3/b7-5+. The van der Waals surface area contributed by atoms with Crippen LogP contribution in [-0.2, 0) is 4.79 Å². The largest absolute Gasteiger partial charge is 0.490 e. The average molecular weight is 404 g/mol. The maximum Gasteiger partial charge on any atom is 0.387 e. The predicted octanol–water partition coefficient (Wildman–Crippen LogP) is 2.84. The summed E-state index contributed by atoms with van der Waals surface area (Å²) >= 11 is 0. The first kappa shape index (κ1) is 20.5. The first-order chi connectivity index (χ1) is 14.1. The molecule has 0 radical (unpaired) electrons. The molecular weight excluding hydrogens is 382 g/mol. The van der Waals surface area contributed by atoms with Crippen molar-refractivity contribution in [3.8, 4) is 11.5 Å². The number of carbonyl (C=O) groups excluding carboxylic acids is 1. The molecule has 1 aliphatic rings. The lowest BCUT2D eigenvalue weighted by Gasteiger charge is -2.34. The van der Waals surface area contributed by atoms with Crippen LogP contribution in [0.4, 0.5) is 14.7 Å². The molecule has 2 aromatic rings. The van der Waals surface area contributed by atoms with Crippen molar-refractivity contribution < 1.29 is 23.0 Å². The zero-order valence-corrected chi connectivity index (χ0v) is 16.0. The number of nitrogens with zero attached hydrogens (tertiary/aromatic N) is 4. The third-order valence-electron chi connectivity index (χ3n) is 4.33. The number of aromatic nitrogens is 2. The minimum Gasteiger partial charge on any atom is -0.490 e. The number of halogens is 2. The van der Waals surface area contributed by atoms with E-state index in [9.17, 15) is 13.6 Å². The summed E-state index contributed by atoms with van der Waals surface area (Å²) in [5.74, 6) is 0.706. The number of hydrogen-bond donors (Lipinski definition) is 0. The summed E-state index contributed by atoms with van der Waals surface area (Å²) in [5, 5.41) is 0. The second-order valence-corrected chi connectivity index (χ2v) is 6.21. The van der Waals surface area contributed by atoms with Crippen LogP contribution in [0, 0.1) is 0 Å². The number of amides is 1. The highest BCUT2D eigenvalue weighted by Gasteiger charge is 2.21. The molecule has 0 aliphatic carbocycles. The van der Waals surface area contributed by atoms with E-state index in [0.29, 0.717) is 44.3 Å². The van der Waals surface area contributed by atoms with Gasteiger partial charge in [-0.25, -0.2) is 9.97 Å². The Morgan fingerprint density at radius 3 is 2.55 bits per heavy atom. The number of hydrogen-bond acceptors (Lipinski definition) is 6. The molecule has 7 nitrogen and oxygen atoms in total. The number of carbonyl (C=O) groups is 1. The Morgan fingerprint density at radius 1 is 1.17 bits per heavy atom. The van der Waals surface area contributed by atoms with Gasteiger partial charge in [0.05, 0.1) is 6.61 Å². The van der Waals surface area contributed by atoms with E-state index in [1.807, 2.05) is 4.90 Å². The molecule has 0 unspecified atom stereocenters. The maximum absolute atomic E-state index is 12.5. The minimum absolute atomic E-state index is 0.0374. The number of anilines is 1. The predicted molar refractivity (Wildman–Crippen MR) is 104 cm³/mol. The van der Waals surface area contributed by atoms with Crippen molar-refractivity contribution in [1.29, 1.82) is 0 Å². The maximum atomic E-state index is 12.5. The summed E-state index contributed by atoms with van der Waals surface area (Å²) in [5.41, 5.74) is 0.653. The zero-order chi connectivity index (χ0) is 20.6. The number of ether oxygens (including phenoxy) is 2. The molecule has 1 saturated heterocycles. The van der Waals surface area contributed by atoms with E-state index in [1.54, 1.807) is 48.5 Å². The molecule has 1 aromatic heterocycles. The van der Waals surface area contributed by atoms with E-state index in [1.165, 1.54) is 12.1 Å². The molecule has 9 heteroatoms. The van der Waals surface area contributed by atoms with E-state index in [0.717, 1.165) is 0 Å². The number of piperazine rings is 1. The molecule has 0 atom stereocenters. The second kappa shape index (κ2) is 9.81. The van der Waals surface area contributed by atoms with Gasteiger partial charge in [0.2, 0.25) is 11.9 Å². The molecule has 29 heavy (non-hydrogen) atoms. The molecule has 1 fully saturated rings. The average Bonchev–Trinajstić information content (AvgIpc) is 2.74. The van der Waals surface area contributed by atoms with Crippen molar-refractivity contribution in [2.45, 2.75) is 13.5 Å². The third kappa shape index (κ3) is 5.63. The lowest BCUT2D eigenvalue weighted by atomic mass is 10.2. The van der Waals surface area contributed by atoms with Gasteiger partial charge in [-0.3, -0.25) is 4.79 Å². The van der Waals surface area contributed by atoms with Gasteiger partial charge >= 0.3 is 6.61 Å². The van der Waals surface area contributed by atoms with Gasteiger partial charge in [-0.15, -0.1) is 0 Å². The summed E-state index contributed by atoms with van der Waals surface area (Å²) in [6, 6.07) is 6.32. The molecule has 1 aliphatic heterocycles. The zero-order valence-electron chi connectivity index (χ0n) is 16.0. The quantitative estimate of drug-likeness (QED) is 0.661. The summed E-state index contributed by atoms with van der Waals surface area (Å²) in [7, 11) is 0. The number of alkyl halides is 2. The summed E-state index contributed by atoms with van der Waals surface area (Å²) in [4.78, 5) is 24.7. The number of rotatable bonds is 7. The molecule has 1 aromatic carbocycles. The highest BCUT2D eigenvalue weighted by atomic mass is 19.3. The molecule has 0 saturated carbocycles. The first-order valence-electron chi connectivity index (χ1n) is 9.27. The van der Waals surface area contributed by atoms with Gasteiger partial charge < -0.3 is 19.3 Å². The van der Waals surface area contributed by atoms with Crippen LogP contribution in [0.1, 0.15) is 12.5 Å². The minimum atomic E-state index is -2.93. The van der Waals surface area contributed by atoms with Crippen molar-refractivity contribution in [2.24, 2.45) is 0 Å². The van der Waals surface area contributed by atoms with E-state index >= 15 is 0 Å². The Bertz CT molecular complexity index is 841. The lowest BCUT2D eigenvalue weighted by Crippen LogP contribution is -2.48. The third-order valence-corrected chi connectivity index (χ3v) is 4.33. The fourth-order valence-corrected chi connectivity index (χ4v) is 2.94. The molecule has 0 spiro atoms. The Hall–Kier alpha value is -3.23. The van der Waals surface area contributed by atoms with E-state index < -0.39 is 6.61 Å². The van der Waals surface area contributed by atoms with Crippen LogP contribution in [0.5, 0.6) is 11.5 Å². The van der Waals surface area contributed by atoms with Crippen molar-refractivity contribution in [1.82, 2.24) is 14.9 Å². The molecule has 2 heterocycles. The fraction of sp³-hybridized carbons (Fsp3) is 0.350. The van der Waals surface area contributed by atoms with E-state index in [4.69, 9.17) is 4.74 Å². The van der Waals surface area contributed by atoms with Gasteiger partial charge in [-0.1, -0.05) is 6.07 Å². The van der Waals surface area contributed by atoms with Crippen LogP contribution in [0.15, 0.2) is 42.7 Å². The van der Waals surface area contributed by atoms with Crippen molar-refractivity contribution in [3.05, 3.63) is 48.3 Å². The van der Waals surface area contributed by atoms with Crippen molar-refractivity contribution >= 4 is 17.9 Å². The summed E-state index contributed by atoms with van der Waals surface area (Å²) in [6.07, 6.45) is 6.48. The van der Waals surface area contributed by atoms with Gasteiger partial charge in [0.15, 0.2) is 11.5 Å². The fourth-order valence-electron chi connectivity index (χ4n) is 2.94. The summed E-state index contributed by atoms with van der Waals surface area (Å²) < 4.78 is 34.8. The normalized spacial score (nSPS) is 14.5. The topological polar surface area (TPSA) is 67.8 Å². The molecular formula is C20H22F2N4O3. The second-order valence-electron chi connectivity index (χ2n) is 6.21. The molecule has 3 rings (SSSR count). The Morgan fingerprint density at radius 2 is 1.90 bits per heavy atom. The van der Waals surface area contributed by atoms with Gasteiger partial charge in [0, 0.05) is 44.6 Å². The van der Waals surface area contributed by atoms with Crippen LogP contribution in [0.3, 0.4) is 0 Å². The lowest BCUT2D eigenvalue weighted by molar-refractivity contribution is -0.126. The van der Waals surface area contributed by atoms with Crippen molar-refractivity contribution in [3.63, 3.8) is 0 Å².